The third-order valence-electron chi connectivity index (χ3n) is 2.67. The molecule has 0 saturated carbocycles. The van der Waals surface area contributed by atoms with Crippen LogP contribution in [0.25, 0.3) is 0 Å². The first-order valence-corrected chi connectivity index (χ1v) is 5.91. The summed E-state index contributed by atoms with van der Waals surface area (Å²) in [6, 6.07) is 6.97. The molecule has 0 fully saturated rings. The highest BCUT2D eigenvalue weighted by Crippen LogP contribution is 2.29. The molecule has 1 N–H and O–H groups in total. The molecule has 18 heavy (non-hydrogen) atoms. The minimum absolute atomic E-state index is 0.192. The molecule has 0 bridgehead atoms. The standard InChI is InChI=1S/C15H14O3/c1-2-3-4-8-14-12(10-16)15(17)11-7-5-6-9-13(11)18-14/h5-7,9-10,14,16H,2-3H2,1H3/b12-10+. The van der Waals surface area contributed by atoms with Gasteiger partial charge in [0, 0.05) is 6.42 Å². The highest BCUT2D eigenvalue weighted by molar-refractivity contribution is 6.12. The molecule has 0 aromatic heterocycles. The first-order valence-electron chi connectivity index (χ1n) is 5.91. The number of aliphatic hydroxyl groups excluding tert-OH is 1. The van der Waals surface area contributed by atoms with Gasteiger partial charge in [0.25, 0.3) is 0 Å². The molecule has 1 unspecified atom stereocenters. The van der Waals surface area contributed by atoms with E-state index < -0.39 is 6.10 Å². The lowest BCUT2D eigenvalue weighted by molar-refractivity contribution is 0.0978. The number of ether oxygens (including phenoxy) is 1. The molecular formula is C15H14O3. The average molecular weight is 242 g/mol. The van der Waals surface area contributed by atoms with E-state index in [1.807, 2.05) is 6.92 Å². The molecule has 1 aromatic rings. The maximum atomic E-state index is 12.1. The number of para-hydroxylation sites is 1. The zero-order chi connectivity index (χ0) is 13.0. The zero-order valence-electron chi connectivity index (χ0n) is 10.1. The van der Waals surface area contributed by atoms with Crippen LogP contribution in [0.1, 0.15) is 30.1 Å². The smallest absolute Gasteiger partial charge is 0.200 e. The zero-order valence-corrected chi connectivity index (χ0v) is 10.1. The Morgan fingerprint density at radius 1 is 1.44 bits per heavy atom. The monoisotopic (exact) mass is 242 g/mol. The molecule has 0 spiro atoms. The third kappa shape index (κ3) is 2.23. The van der Waals surface area contributed by atoms with Crippen molar-refractivity contribution in [3.63, 3.8) is 0 Å². The van der Waals surface area contributed by atoms with E-state index in [9.17, 15) is 9.90 Å². The fourth-order valence-electron chi connectivity index (χ4n) is 1.75. The summed E-state index contributed by atoms with van der Waals surface area (Å²) in [4.78, 5) is 12.1. The Morgan fingerprint density at radius 2 is 2.22 bits per heavy atom. The van der Waals surface area contributed by atoms with Crippen LogP contribution in [0.15, 0.2) is 36.1 Å². The summed E-state index contributed by atoms with van der Waals surface area (Å²) in [5.74, 6) is 6.11. The van der Waals surface area contributed by atoms with Gasteiger partial charge in [-0.2, -0.15) is 0 Å². The number of carbonyl (C=O) groups excluding carboxylic acids is 1. The van der Waals surface area contributed by atoms with Gasteiger partial charge in [-0.1, -0.05) is 30.9 Å². The summed E-state index contributed by atoms with van der Waals surface area (Å²) in [5.41, 5.74) is 0.656. The van der Waals surface area contributed by atoms with Gasteiger partial charge in [0.2, 0.25) is 5.78 Å². The summed E-state index contributed by atoms with van der Waals surface area (Å²) in [6.45, 7) is 2.03. The fourth-order valence-corrected chi connectivity index (χ4v) is 1.75. The van der Waals surface area contributed by atoms with Gasteiger partial charge in [0.05, 0.1) is 17.4 Å². The van der Waals surface area contributed by atoms with Gasteiger partial charge in [0.1, 0.15) is 5.75 Å². The third-order valence-corrected chi connectivity index (χ3v) is 2.67. The molecule has 0 aliphatic carbocycles. The quantitative estimate of drug-likeness (QED) is 0.468. The van der Waals surface area contributed by atoms with Gasteiger partial charge in [0.15, 0.2) is 6.10 Å². The molecule has 3 heteroatoms. The van der Waals surface area contributed by atoms with Crippen LogP contribution in [0.4, 0.5) is 0 Å². The first kappa shape index (κ1) is 12.3. The summed E-state index contributed by atoms with van der Waals surface area (Å²) in [6.07, 6.45) is 1.81. The van der Waals surface area contributed by atoms with Crippen molar-refractivity contribution >= 4 is 5.78 Å². The van der Waals surface area contributed by atoms with E-state index in [1.54, 1.807) is 24.3 Å². The largest absolute Gasteiger partial charge is 0.515 e. The molecule has 3 nitrogen and oxygen atoms in total. The van der Waals surface area contributed by atoms with Crippen molar-refractivity contribution in [1.29, 1.82) is 0 Å². The van der Waals surface area contributed by atoms with E-state index in [-0.39, 0.29) is 11.4 Å². The number of carbonyl (C=O) groups is 1. The number of aliphatic hydroxyl groups is 1. The van der Waals surface area contributed by atoms with E-state index in [0.717, 1.165) is 19.1 Å². The Hall–Kier alpha value is -2.21. The van der Waals surface area contributed by atoms with E-state index in [4.69, 9.17) is 4.74 Å². The van der Waals surface area contributed by atoms with Gasteiger partial charge in [-0.3, -0.25) is 4.79 Å². The van der Waals surface area contributed by atoms with Crippen LogP contribution in [0.3, 0.4) is 0 Å². The molecular weight excluding hydrogens is 228 g/mol. The van der Waals surface area contributed by atoms with Crippen molar-refractivity contribution < 1.29 is 14.6 Å². The SMILES string of the molecule is CCCC#CC1Oc2ccccc2C(=O)/C1=C/O. The van der Waals surface area contributed by atoms with Gasteiger partial charge < -0.3 is 9.84 Å². The Kier molecular flexibility index (Phi) is 3.69. The number of fused-ring (bicyclic) bond motifs is 1. The maximum Gasteiger partial charge on any atom is 0.200 e. The predicted molar refractivity (Wildman–Crippen MR) is 68.6 cm³/mol. The second-order valence-corrected chi connectivity index (χ2v) is 3.98. The van der Waals surface area contributed by atoms with Gasteiger partial charge in [-0.15, -0.1) is 0 Å². The summed E-state index contributed by atoms with van der Waals surface area (Å²) in [5, 5.41) is 9.18. The molecule has 1 atom stereocenters. The Labute approximate surface area is 106 Å². The normalized spacial score (nSPS) is 19.7. The minimum atomic E-state index is -0.677. The van der Waals surface area contributed by atoms with Crippen LogP contribution in [-0.2, 0) is 0 Å². The lowest BCUT2D eigenvalue weighted by Crippen LogP contribution is -2.29. The molecule has 0 saturated heterocycles. The molecule has 2 rings (SSSR count). The highest BCUT2D eigenvalue weighted by Gasteiger charge is 2.30. The van der Waals surface area contributed by atoms with Gasteiger partial charge in [-0.05, 0) is 18.6 Å². The number of Topliss-reactive ketones (excluding diaryl/α,β-unsaturated/α-hetero) is 1. The van der Waals surface area contributed by atoms with Crippen molar-refractivity contribution in [3.8, 4) is 17.6 Å². The number of benzene rings is 1. The summed E-state index contributed by atoms with van der Waals surface area (Å²) >= 11 is 0. The molecule has 0 amide bonds. The predicted octanol–water partition coefficient (Wildman–Crippen LogP) is 2.88. The lowest BCUT2D eigenvalue weighted by atomic mass is 9.96. The topological polar surface area (TPSA) is 46.5 Å². The molecule has 0 radical (unpaired) electrons. The Balaban J connectivity index is 2.36. The van der Waals surface area contributed by atoms with Gasteiger partial charge >= 0.3 is 0 Å². The minimum Gasteiger partial charge on any atom is -0.515 e. The first-order chi connectivity index (χ1) is 8.77. The molecule has 1 aliphatic rings. The van der Waals surface area contributed by atoms with Crippen LogP contribution >= 0.6 is 0 Å². The second kappa shape index (κ2) is 5.42. The fraction of sp³-hybridized carbons (Fsp3) is 0.267. The van der Waals surface area contributed by atoms with Crippen molar-refractivity contribution in [2.75, 3.05) is 0 Å². The van der Waals surface area contributed by atoms with Crippen LogP contribution in [0.2, 0.25) is 0 Å². The lowest BCUT2D eigenvalue weighted by Gasteiger charge is -2.23. The summed E-state index contributed by atoms with van der Waals surface area (Å²) in [7, 11) is 0. The highest BCUT2D eigenvalue weighted by atomic mass is 16.5. The average Bonchev–Trinajstić information content (AvgIpc) is 2.39. The van der Waals surface area contributed by atoms with E-state index in [1.165, 1.54) is 0 Å². The van der Waals surface area contributed by atoms with E-state index in [2.05, 4.69) is 11.8 Å². The summed E-state index contributed by atoms with van der Waals surface area (Å²) < 4.78 is 5.63. The van der Waals surface area contributed by atoms with E-state index in [0.29, 0.717) is 11.3 Å². The number of unbranched alkanes of at least 4 members (excludes halogenated alkanes) is 1. The molecule has 1 aromatic carbocycles. The number of hydrogen-bond donors (Lipinski definition) is 1. The molecule has 1 aliphatic heterocycles. The van der Waals surface area contributed by atoms with E-state index >= 15 is 0 Å². The van der Waals surface area contributed by atoms with Gasteiger partial charge in [-0.25, -0.2) is 0 Å². The van der Waals surface area contributed by atoms with Crippen LogP contribution in [0, 0.1) is 11.8 Å². The van der Waals surface area contributed by atoms with Crippen molar-refractivity contribution in [2.45, 2.75) is 25.9 Å². The maximum absolute atomic E-state index is 12.1. The second-order valence-electron chi connectivity index (χ2n) is 3.98. The number of rotatable bonds is 1. The number of ketones is 1. The van der Waals surface area contributed by atoms with Crippen LogP contribution in [-0.4, -0.2) is 17.0 Å². The Morgan fingerprint density at radius 3 is 2.94 bits per heavy atom. The van der Waals surface area contributed by atoms with Crippen molar-refractivity contribution in [1.82, 2.24) is 0 Å². The Bertz CT molecular complexity index is 546. The number of hydrogen-bond acceptors (Lipinski definition) is 3. The van der Waals surface area contributed by atoms with Crippen molar-refractivity contribution in [3.05, 3.63) is 41.7 Å². The molecule has 1 heterocycles. The van der Waals surface area contributed by atoms with Crippen LogP contribution in [0.5, 0.6) is 5.75 Å². The van der Waals surface area contributed by atoms with Crippen LogP contribution < -0.4 is 4.74 Å². The van der Waals surface area contributed by atoms with Crippen molar-refractivity contribution in [2.24, 2.45) is 0 Å². The molecule has 92 valence electrons.